The lowest BCUT2D eigenvalue weighted by Crippen LogP contribution is -2.13. The summed E-state index contributed by atoms with van der Waals surface area (Å²) in [4.78, 5) is 11.5. The zero-order valence-electron chi connectivity index (χ0n) is 8.81. The molecule has 0 aliphatic heterocycles. The monoisotopic (exact) mass is 296 g/mol. The normalized spacial score (nSPS) is 12.8. The van der Waals surface area contributed by atoms with E-state index in [0.717, 1.165) is 19.3 Å². The third-order valence-corrected chi connectivity index (χ3v) is 3.50. The highest BCUT2D eigenvalue weighted by molar-refractivity contribution is 14.1. The summed E-state index contributed by atoms with van der Waals surface area (Å²) in [6.07, 6.45) is 7.74. The minimum absolute atomic E-state index is 0.273. The number of carbonyl (C=O) groups is 1. The van der Waals surface area contributed by atoms with Crippen LogP contribution in [0.5, 0.6) is 0 Å². The first-order valence-electron chi connectivity index (χ1n) is 5.39. The molecule has 0 fully saturated rings. The van der Waals surface area contributed by atoms with E-state index in [-0.39, 0.29) is 3.92 Å². The molecule has 0 saturated heterocycles. The van der Waals surface area contributed by atoms with Crippen LogP contribution in [0.4, 0.5) is 0 Å². The largest absolute Gasteiger partial charge is 0.299 e. The van der Waals surface area contributed by atoms with Crippen LogP contribution in [0, 0.1) is 0 Å². The van der Waals surface area contributed by atoms with E-state index in [1.54, 1.807) is 0 Å². The van der Waals surface area contributed by atoms with E-state index in [4.69, 9.17) is 0 Å². The molecule has 0 aromatic rings. The van der Waals surface area contributed by atoms with Gasteiger partial charge >= 0.3 is 0 Å². The van der Waals surface area contributed by atoms with Gasteiger partial charge in [-0.3, -0.25) is 4.79 Å². The fourth-order valence-corrected chi connectivity index (χ4v) is 2.00. The smallest absolute Gasteiger partial charge is 0.145 e. The van der Waals surface area contributed by atoms with Crippen molar-refractivity contribution in [3.05, 3.63) is 0 Å². The van der Waals surface area contributed by atoms with Gasteiger partial charge in [-0.1, -0.05) is 62.1 Å². The van der Waals surface area contributed by atoms with Crippen molar-refractivity contribution in [3.63, 3.8) is 0 Å². The molecule has 0 saturated carbocycles. The maximum atomic E-state index is 11.5. The van der Waals surface area contributed by atoms with Crippen molar-refractivity contribution in [1.29, 1.82) is 0 Å². The van der Waals surface area contributed by atoms with Crippen molar-refractivity contribution >= 4 is 28.4 Å². The van der Waals surface area contributed by atoms with Gasteiger partial charge < -0.3 is 0 Å². The van der Waals surface area contributed by atoms with Crippen LogP contribution in [0.2, 0.25) is 0 Å². The average molecular weight is 296 g/mol. The highest BCUT2D eigenvalue weighted by Gasteiger charge is 2.12. The molecule has 1 nitrogen and oxygen atoms in total. The van der Waals surface area contributed by atoms with Gasteiger partial charge in [0.25, 0.3) is 0 Å². The van der Waals surface area contributed by atoms with E-state index >= 15 is 0 Å². The number of unbranched alkanes of at least 4 members (excludes halogenated alkanes) is 3. The molecule has 0 spiro atoms. The molecule has 0 bridgehead atoms. The molecule has 2 heteroatoms. The molecular weight excluding hydrogens is 275 g/mol. The second kappa shape index (κ2) is 8.97. The van der Waals surface area contributed by atoms with Gasteiger partial charge in [-0.25, -0.2) is 0 Å². The summed E-state index contributed by atoms with van der Waals surface area (Å²) in [6.45, 7) is 4.34. The molecule has 0 heterocycles. The summed E-state index contributed by atoms with van der Waals surface area (Å²) in [5.41, 5.74) is 0. The van der Waals surface area contributed by atoms with Crippen molar-refractivity contribution in [1.82, 2.24) is 0 Å². The first-order valence-corrected chi connectivity index (χ1v) is 6.63. The van der Waals surface area contributed by atoms with Gasteiger partial charge in [-0.2, -0.15) is 0 Å². The van der Waals surface area contributed by atoms with E-state index in [1.807, 2.05) is 0 Å². The van der Waals surface area contributed by atoms with Gasteiger partial charge in [-0.05, 0) is 12.8 Å². The van der Waals surface area contributed by atoms with Gasteiger partial charge in [0.05, 0.1) is 3.92 Å². The number of halogens is 1. The molecule has 0 aliphatic rings. The van der Waals surface area contributed by atoms with Crippen LogP contribution < -0.4 is 0 Å². The van der Waals surface area contributed by atoms with Crippen molar-refractivity contribution in [3.8, 4) is 0 Å². The number of alkyl halides is 1. The van der Waals surface area contributed by atoms with Gasteiger partial charge in [-0.15, -0.1) is 0 Å². The summed E-state index contributed by atoms with van der Waals surface area (Å²) in [5.74, 6) is 0.461. The minimum atomic E-state index is 0.273. The highest BCUT2D eigenvalue weighted by Crippen LogP contribution is 2.15. The fourth-order valence-electron chi connectivity index (χ4n) is 1.25. The van der Waals surface area contributed by atoms with Gasteiger partial charge in [0.15, 0.2) is 0 Å². The third kappa shape index (κ3) is 7.47. The van der Waals surface area contributed by atoms with E-state index in [1.165, 1.54) is 25.7 Å². The summed E-state index contributed by atoms with van der Waals surface area (Å²) >= 11 is 2.29. The average Bonchev–Trinajstić information content (AvgIpc) is 2.14. The molecular formula is C11H21IO. The summed E-state index contributed by atoms with van der Waals surface area (Å²) in [5, 5.41) is 0. The predicted molar refractivity (Wildman–Crippen MR) is 66.5 cm³/mol. The Morgan fingerprint density at radius 2 is 1.77 bits per heavy atom. The van der Waals surface area contributed by atoms with Crippen LogP contribution >= 0.6 is 22.6 Å². The minimum Gasteiger partial charge on any atom is -0.299 e. The SMILES string of the molecule is CCCCCC(=O)C(I)CCCC. The van der Waals surface area contributed by atoms with E-state index in [2.05, 4.69) is 36.4 Å². The lowest BCUT2D eigenvalue weighted by Gasteiger charge is -2.07. The van der Waals surface area contributed by atoms with Crippen LogP contribution in [0.1, 0.15) is 58.8 Å². The number of ketones is 1. The second-order valence-electron chi connectivity index (χ2n) is 3.53. The number of carbonyl (C=O) groups excluding carboxylic acids is 1. The topological polar surface area (TPSA) is 17.1 Å². The highest BCUT2D eigenvalue weighted by atomic mass is 127. The zero-order chi connectivity index (χ0) is 10.1. The Balaban J connectivity index is 3.45. The Kier molecular flexibility index (Phi) is 9.25. The van der Waals surface area contributed by atoms with Crippen LogP contribution in [-0.4, -0.2) is 9.71 Å². The lowest BCUT2D eigenvalue weighted by molar-refractivity contribution is -0.118. The molecule has 13 heavy (non-hydrogen) atoms. The summed E-state index contributed by atoms with van der Waals surface area (Å²) in [6, 6.07) is 0. The van der Waals surface area contributed by atoms with E-state index < -0.39 is 0 Å². The van der Waals surface area contributed by atoms with Crippen LogP contribution in [-0.2, 0) is 4.79 Å². The number of Topliss-reactive ketones (excluding diaryl/α,β-unsaturated/α-hetero) is 1. The Labute approximate surface area is 95.8 Å². The van der Waals surface area contributed by atoms with E-state index in [0.29, 0.717) is 5.78 Å². The Morgan fingerprint density at radius 1 is 1.15 bits per heavy atom. The van der Waals surface area contributed by atoms with Crippen LogP contribution in [0.25, 0.3) is 0 Å². The number of rotatable bonds is 8. The summed E-state index contributed by atoms with van der Waals surface area (Å²) in [7, 11) is 0. The Hall–Kier alpha value is 0.400. The summed E-state index contributed by atoms with van der Waals surface area (Å²) < 4.78 is 0.273. The van der Waals surface area contributed by atoms with Gasteiger partial charge in [0.2, 0.25) is 0 Å². The molecule has 1 atom stereocenters. The molecule has 0 aliphatic carbocycles. The molecule has 0 aromatic heterocycles. The van der Waals surface area contributed by atoms with Crippen molar-refractivity contribution in [2.45, 2.75) is 62.7 Å². The first-order chi connectivity index (χ1) is 6.22. The first kappa shape index (κ1) is 13.4. The number of hydrogen-bond donors (Lipinski definition) is 0. The lowest BCUT2D eigenvalue weighted by atomic mass is 10.1. The van der Waals surface area contributed by atoms with Crippen LogP contribution in [0.15, 0.2) is 0 Å². The zero-order valence-corrected chi connectivity index (χ0v) is 11.0. The predicted octanol–water partition coefficient (Wildman–Crippen LogP) is 4.13. The standard InChI is InChI=1S/C11H21IO/c1-3-5-7-9-11(13)10(12)8-6-4-2/h10H,3-9H2,1-2H3. The molecule has 0 aromatic carbocycles. The molecule has 0 rings (SSSR count). The van der Waals surface area contributed by atoms with Crippen molar-refractivity contribution in [2.24, 2.45) is 0 Å². The maximum Gasteiger partial charge on any atom is 0.145 e. The third-order valence-electron chi connectivity index (χ3n) is 2.19. The van der Waals surface area contributed by atoms with Crippen molar-refractivity contribution < 1.29 is 4.79 Å². The van der Waals surface area contributed by atoms with Gasteiger partial charge in [0, 0.05) is 6.42 Å². The Morgan fingerprint density at radius 3 is 2.31 bits per heavy atom. The number of hydrogen-bond acceptors (Lipinski definition) is 1. The molecule has 0 N–H and O–H groups in total. The fraction of sp³-hybridized carbons (Fsp3) is 0.909. The molecule has 78 valence electrons. The Bertz CT molecular complexity index is 134. The molecule has 0 radical (unpaired) electrons. The van der Waals surface area contributed by atoms with Crippen molar-refractivity contribution in [2.75, 3.05) is 0 Å². The molecule has 1 unspecified atom stereocenters. The maximum absolute atomic E-state index is 11.5. The second-order valence-corrected chi connectivity index (χ2v) is 5.04. The van der Waals surface area contributed by atoms with E-state index in [9.17, 15) is 4.79 Å². The quantitative estimate of drug-likeness (QED) is 0.374. The van der Waals surface area contributed by atoms with Gasteiger partial charge in [0.1, 0.15) is 5.78 Å². The van der Waals surface area contributed by atoms with Crippen LogP contribution in [0.3, 0.4) is 0 Å². The molecule has 0 amide bonds.